The number of hydrogen-bond acceptors (Lipinski definition) is 3. The molecule has 4 nitrogen and oxygen atoms in total. The van der Waals surface area contributed by atoms with Crippen LogP contribution in [0, 0.1) is 5.92 Å². The van der Waals surface area contributed by atoms with Crippen molar-refractivity contribution in [2.24, 2.45) is 5.92 Å². The molecule has 0 aliphatic carbocycles. The van der Waals surface area contributed by atoms with Crippen LogP contribution in [0.3, 0.4) is 0 Å². The van der Waals surface area contributed by atoms with Gasteiger partial charge in [-0.2, -0.15) is 0 Å². The third-order valence-corrected chi connectivity index (χ3v) is 1.66. The van der Waals surface area contributed by atoms with Gasteiger partial charge in [-0.3, -0.25) is 9.59 Å². The highest BCUT2D eigenvalue weighted by Crippen LogP contribution is 1.98. The van der Waals surface area contributed by atoms with Gasteiger partial charge in [0.25, 0.3) is 0 Å². The molecule has 0 saturated carbocycles. The molecule has 0 aromatic rings. The molecule has 0 radical (unpaired) electrons. The van der Waals surface area contributed by atoms with Crippen LogP contribution < -0.4 is 5.32 Å². The molecule has 0 bridgehead atoms. The second-order valence-electron chi connectivity index (χ2n) is 3.76. The van der Waals surface area contributed by atoms with E-state index in [1.54, 1.807) is 13.8 Å². The fourth-order valence-electron chi connectivity index (χ4n) is 0.714. The molecule has 0 aromatic heterocycles. The Morgan fingerprint density at radius 3 is 2.21 bits per heavy atom. The number of Topliss-reactive ketones (excluding diaryl/α,β-unsaturated/α-hetero) is 1. The van der Waals surface area contributed by atoms with Gasteiger partial charge in [-0.1, -0.05) is 13.8 Å². The lowest BCUT2D eigenvalue weighted by Gasteiger charge is -2.09. The number of amides is 1. The third kappa shape index (κ3) is 6.60. The molecule has 1 N–H and O–H groups in total. The number of rotatable bonds is 6. The normalized spacial score (nSPS) is 10.7. The minimum Gasteiger partial charge on any atom is -0.359 e. The van der Waals surface area contributed by atoms with Gasteiger partial charge in [-0.05, 0) is 13.8 Å². The molecule has 0 heterocycles. The molecule has 0 fully saturated rings. The summed E-state index contributed by atoms with van der Waals surface area (Å²) in [5.74, 6) is -0.414. The van der Waals surface area contributed by atoms with Gasteiger partial charge in [0.2, 0.25) is 5.91 Å². The summed E-state index contributed by atoms with van der Waals surface area (Å²) in [5.41, 5.74) is 0. The summed E-state index contributed by atoms with van der Waals surface area (Å²) in [5, 5.41) is 2.52. The summed E-state index contributed by atoms with van der Waals surface area (Å²) in [6.45, 7) is 7.49. The highest BCUT2D eigenvalue weighted by molar-refractivity contribution is 5.98. The van der Waals surface area contributed by atoms with Crippen molar-refractivity contribution in [3.05, 3.63) is 0 Å². The van der Waals surface area contributed by atoms with Gasteiger partial charge in [-0.15, -0.1) is 0 Å². The van der Waals surface area contributed by atoms with Crippen LogP contribution in [-0.2, 0) is 14.3 Å². The maximum absolute atomic E-state index is 11.1. The molecule has 0 aliphatic rings. The Hall–Kier alpha value is -0.900. The SMILES string of the molecule is CC(C)OCNC(=O)CC(=O)C(C)C. The lowest BCUT2D eigenvalue weighted by molar-refractivity contribution is -0.130. The number of nitrogens with one attached hydrogen (secondary N) is 1. The van der Waals surface area contributed by atoms with Crippen LogP contribution in [0.1, 0.15) is 34.1 Å². The van der Waals surface area contributed by atoms with Gasteiger partial charge in [0.15, 0.2) is 0 Å². The Morgan fingerprint density at radius 1 is 1.21 bits per heavy atom. The smallest absolute Gasteiger partial charge is 0.229 e. The Balaban J connectivity index is 3.61. The van der Waals surface area contributed by atoms with Gasteiger partial charge in [0.1, 0.15) is 12.5 Å². The predicted molar refractivity (Wildman–Crippen MR) is 53.7 cm³/mol. The maximum Gasteiger partial charge on any atom is 0.229 e. The van der Waals surface area contributed by atoms with Gasteiger partial charge in [0.05, 0.1) is 12.5 Å². The largest absolute Gasteiger partial charge is 0.359 e. The van der Waals surface area contributed by atoms with E-state index in [9.17, 15) is 9.59 Å². The van der Waals surface area contributed by atoms with E-state index in [-0.39, 0.29) is 36.9 Å². The molecule has 0 rings (SSSR count). The van der Waals surface area contributed by atoms with E-state index in [1.807, 2.05) is 13.8 Å². The number of carbonyl (C=O) groups is 2. The minimum atomic E-state index is -0.274. The first-order chi connectivity index (χ1) is 6.43. The first-order valence-corrected chi connectivity index (χ1v) is 4.84. The molecule has 0 atom stereocenters. The quantitative estimate of drug-likeness (QED) is 0.517. The van der Waals surface area contributed by atoms with Gasteiger partial charge >= 0.3 is 0 Å². The summed E-state index contributed by atoms with van der Waals surface area (Å²) in [6.07, 6.45) is 0.0233. The van der Waals surface area contributed by atoms with Crippen LogP contribution in [0.15, 0.2) is 0 Å². The molecular formula is C10H19NO3. The highest BCUT2D eigenvalue weighted by Gasteiger charge is 2.12. The van der Waals surface area contributed by atoms with Crippen molar-refractivity contribution in [1.29, 1.82) is 0 Å². The van der Waals surface area contributed by atoms with E-state index < -0.39 is 0 Å². The molecule has 0 aliphatic heterocycles. The minimum absolute atomic E-state index is 0.0490. The van der Waals surface area contributed by atoms with Crippen molar-refractivity contribution in [2.75, 3.05) is 6.73 Å². The zero-order valence-electron chi connectivity index (χ0n) is 9.29. The van der Waals surface area contributed by atoms with Crippen LogP contribution in [0.4, 0.5) is 0 Å². The van der Waals surface area contributed by atoms with E-state index >= 15 is 0 Å². The number of ketones is 1. The fourth-order valence-corrected chi connectivity index (χ4v) is 0.714. The van der Waals surface area contributed by atoms with Crippen LogP contribution in [-0.4, -0.2) is 24.5 Å². The van der Waals surface area contributed by atoms with Crippen molar-refractivity contribution < 1.29 is 14.3 Å². The van der Waals surface area contributed by atoms with Crippen LogP contribution in [0.5, 0.6) is 0 Å². The van der Waals surface area contributed by atoms with Crippen LogP contribution in [0.25, 0.3) is 0 Å². The molecule has 14 heavy (non-hydrogen) atoms. The van der Waals surface area contributed by atoms with E-state index in [1.165, 1.54) is 0 Å². The Morgan fingerprint density at radius 2 is 1.79 bits per heavy atom. The number of carbonyl (C=O) groups excluding carboxylic acids is 2. The Kier molecular flexibility index (Phi) is 6.12. The van der Waals surface area contributed by atoms with Gasteiger partial charge in [0, 0.05) is 5.92 Å². The van der Waals surface area contributed by atoms with Crippen LogP contribution in [0.2, 0.25) is 0 Å². The fraction of sp³-hybridized carbons (Fsp3) is 0.800. The Bertz CT molecular complexity index is 200. The predicted octanol–water partition coefficient (Wildman–Crippen LogP) is 1.10. The second kappa shape index (κ2) is 6.54. The summed E-state index contributed by atoms with van der Waals surface area (Å²) in [7, 11) is 0. The van der Waals surface area contributed by atoms with Crippen molar-refractivity contribution in [3.8, 4) is 0 Å². The lowest BCUT2D eigenvalue weighted by atomic mass is 10.1. The zero-order chi connectivity index (χ0) is 11.1. The third-order valence-electron chi connectivity index (χ3n) is 1.66. The topological polar surface area (TPSA) is 55.4 Å². The van der Waals surface area contributed by atoms with E-state index in [0.717, 1.165) is 0 Å². The van der Waals surface area contributed by atoms with Crippen LogP contribution >= 0.6 is 0 Å². The number of hydrogen-bond donors (Lipinski definition) is 1. The molecule has 0 unspecified atom stereocenters. The van der Waals surface area contributed by atoms with Crippen molar-refractivity contribution >= 4 is 11.7 Å². The average molecular weight is 201 g/mol. The summed E-state index contributed by atoms with van der Waals surface area (Å²) in [6, 6.07) is 0. The van der Waals surface area contributed by atoms with E-state index in [2.05, 4.69) is 5.32 Å². The zero-order valence-corrected chi connectivity index (χ0v) is 9.29. The van der Waals surface area contributed by atoms with Crippen molar-refractivity contribution in [3.63, 3.8) is 0 Å². The molecule has 0 saturated heterocycles. The first kappa shape index (κ1) is 13.1. The van der Waals surface area contributed by atoms with Gasteiger partial charge in [-0.25, -0.2) is 0 Å². The lowest BCUT2D eigenvalue weighted by Crippen LogP contribution is -2.30. The summed E-state index contributed by atoms with van der Waals surface area (Å²) >= 11 is 0. The molecule has 4 heteroatoms. The Labute approximate surface area is 85.0 Å². The summed E-state index contributed by atoms with van der Waals surface area (Å²) in [4.78, 5) is 22.3. The molecule has 0 spiro atoms. The first-order valence-electron chi connectivity index (χ1n) is 4.84. The molecular weight excluding hydrogens is 182 g/mol. The molecule has 0 aromatic carbocycles. The molecule has 82 valence electrons. The number of ether oxygens (including phenoxy) is 1. The average Bonchev–Trinajstić information content (AvgIpc) is 2.02. The molecule has 1 amide bonds. The summed E-state index contributed by atoms with van der Waals surface area (Å²) < 4.78 is 5.11. The highest BCUT2D eigenvalue weighted by atomic mass is 16.5. The van der Waals surface area contributed by atoms with E-state index in [4.69, 9.17) is 4.74 Å². The second-order valence-corrected chi connectivity index (χ2v) is 3.76. The van der Waals surface area contributed by atoms with Crippen molar-refractivity contribution in [1.82, 2.24) is 5.32 Å². The van der Waals surface area contributed by atoms with Gasteiger partial charge < -0.3 is 10.1 Å². The standard InChI is InChI=1S/C10H19NO3/c1-7(2)9(12)5-10(13)11-6-14-8(3)4/h7-8H,5-6H2,1-4H3,(H,11,13). The van der Waals surface area contributed by atoms with E-state index in [0.29, 0.717) is 0 Å². The maximum atomic E-state index is 11.1. The van der Waals surface area contributed by atoms with Crippen molar-refractivity contribution in [2.45, 2.75) is 40.2 Å². The monoisotopic (exact) mass is 201 g/mol.